The van der Waals surface area contributed by atoms with Crippen molar-refractivity contribution >= 4 is 17.9 Å². The van der Waals surface area contributed by atoms with Crippen molar-refractivity contribution in [1.82, 2.24) is 0 Å². The lowest BCUT2D eigenvalue weighted by molar-refractivity contribution is -0.167. The molecule has 0 aliphatic carbocycles. The summed E-state index contributed by atoms with van der Waals surface area (Å²) in [6.45, 7) is 6.56. The highest BCUT2D eigenvalue weighted by atomic mass is 16.6. The molecule has 0 N–H and O–H groups in total. The average molecular weight is 936 g/mol. The minimum Gasteiger partial charge on any atom is -0.462 e. The Balaban J connectivity index is 4.47. The van der Waals surface area contributed by atoms with Gasteiger partial charge in [-0.05, 0) is 109 Å². The van der Waals surface area contributed by atoms with Crippen molar-refractivity contribution in [3.8, 4) is 0 Å². The Morgan fingerprint density at radius 2 is 0.552 bits per heavy atom. The van der Waals surface area contributed by atoms with Crippen LogP contribution in [0.5, 0.6) is 0 Å². The Hall–Kier alpha value is -3.15. The molecule has 67 heavy (non-hydrogen) atoms. The van der Waals surface area contributed by atoms with E-state index in [0.717, 1.165) is 83.5 Å². The highest BCUT2D eigenvalue weighted by molar-refractivity contribution is 5.71. The molecule has 0 radical (unpaired) electrons. The van der Waals surface area contributed by atoms with Crippen LogP contribution < -0.4 is 0 Å². The van der Waals surface area contributed by atoms with Gasteiger partial charge in [-0.2, -0.15) is 0 Å². The van der Waals surface area contributed by atoms with Gasteiger partial charge in [-0.25, -0.2) is 0 Å². The summed E-state index contributed by atoms with van der Waals surface area (Å²) >= 11 is 0. The van der Waals surface area contributed by atoms with Crippen molar-refractivity contribution in [1.29, 1.82) is 0 Å². The van der Waals surface area contributed by atoms with Gasteiger partial charge >= 0.3 is 17.9 Å². The molecule has 0 aliphatic rings. The van der Waals surface area contributed by atoms with Crippen molar-refractivity contribution in [2.45, 2.75) is 284 Å². The summed E-state index contributed by atoms with van der Waals surface area (Å²) in [5.74, 6) is -0.965. The van der Waals surface area contributed by atoms with E-state index in [2.05, 4.69) is 93.7 Å². The number of unbranched alkanes of at least 4 members (excludes halogenated alkanes) is 28. The van der Waals surface area contributed by atoms with E-state index < -0.39 is 6.10 Å². The van der Waals surface area contributed by atoms with Crippen molar-refractivity contribution in [3.63, 3.8) is 0 Å². The topological polar surface area (TPSA) is 78.9 Å². The standard InChI is InChI=1S/C61H106O6/c1-4-7-10-13-16-19-22-25-28-30-33-35-38-41-44-47-50-53-59(62)65-56-58(67-61(64)55-52-49-46-43-40-37-32-27-24-21-18-15-12-9-6-3)57-66-60(63)54-51-48-45-42-39-36-34-31-29-26-23-20-17-14-11-8-5-2/h18,21,25-29,32-33,35,41,44,58H,4-17,19-20,22-24,30-31,34,36-40,42-43,45-57H2,1-3H3/b21-18-,28-25-,29-26-,32-27-,35-33-,44-41-/t58-/m1/s1. The molecule has 0 bridgehead atoms. The number of hydrogen-bond acceptors (Lipinski definition) is 6. The summed E-state index contributed by atoms with van der Waals surface area (Å²) in [5.41, 5.74) is 0. The molecule has 0 aromatic heterocycles. The van der Waals surface area contributed by atoms with Crippen LogP contribution in [-0.4, -0.2) is 37.2 Å². The first-order chi connectivity index (χ1) is 33.0. The summed E-state index contributed by atoms with van der Waals surface area (Å²) in [7, 11) is 0. The molecule has 0 aromatic rings. The summed E-state index contributed by atoms with van der Waals surface area (Å²) in [5, 5.41) is 0. The van der Waals surface area contributed by atoms with Crippen LogP contribution >= 0.6 is 0 Å². The fourth-order valence-electron chi connectivity index (χ4n) is 7.84. The Morgan fingerprint density at radius 1 is 0.299 bits per heavy atom. The smallest absolute Gasteiger partial charge is 0.306 e. The van der Waals surface area contributed by atoms with E-state index in [9.17, 15) is 14.4 Å². The zero-order chi connectivity index (χ0) is 48.6. The van der Waals surface area contributed by atoms with Crippen LogP contribution in [0.2, 0.25) is 0 Å². The Bertz CT molecular complexity index is 1260. The average Bonchev–Trinajstić information content (AvgIpc) is 3.33. The zero-order valence-electron chi connectivity index (χ0n) is 44.2. The van der Waals surface area contributed by atoms with Crippen LogP contribution in [0.15, 0.2) is 72.9 Å². The Morgan fingerprint density at radius 3 is 0.940 bits per heavy atom. The predicted molar refractivity (Wildman–Crippen MR) is 288 cm³/mol. The number of esters is 3. The van der Waals surface area contributed by atoms with Crippen molar-refractivity contribution in [2.24, 2.45) is 0 Å². The number of hydrogen-bond donors (Lipinski definition) is 0. The maximum atomic E-state index is 12.8. The van der Waals surface area contributed by atoms with E-state index in [0.29, 0.717) is 19.3 Å². The number of carbonyl (C=O) groups excluding carboxylic acids is 3. The van der Waals surface area contributed by atoms with Gasteiger partial charge in [0.2, 0.25) is 0 Å². The van der Waals surface area contributed by atoms with E-state index >= 15 is 0 Å². The minimum absolute atomic E-state index is 0.0986. The Kier molecular flexibility index (Phi) is 52.8. The van der Waals surface area contributed by atoms with E-state index in [-0.39, 0.29) is 37.5 Å². The highest BCUT2D eigenvalue weighted by Gasteiger charge is 2.19. The fraction of sp³-hybridized carbons (Fsp3) is 0.754. The molecule has 0 aromatic carbocycles. The lowest BCUT2D eigenvalue weighted by Gasteiger charge is -2.18. The number of carbonyl (C=O) groups is 3. The maximum absolute atomic E-state index is 12.8. The normalized spacial score (nSPS) is 12.6. The molecule has 0 heterocycles. The largest absolute Gasteiger partial charge is 0.462 e. The van der Waals surface area contributed by atoms with Crippen LogP contribution in [0.1, 0.15) is 278 Å². The molecule has 0 amide bonds. The third-order valence-corrected chi connectivity index (χ3v) is 12.2. The molecule has 386 valence electrons. The summed E-state index contributed by atoms with van der Waals surface area (Å²) in [6.07, 6.45) is 70.3. The van der Waals surface area contributed by atoms with Crippen molar-refractivity contribution in [2.75, 3.05) is 13.2 Å². The molecule has 0 unspecified atom stereocenters. The fourth-order valence-corrected chi connectivity index (χ4v) is 7.84. The van der Waals surface area contributed by atoms with Crippen LogP contribution in [0.25, 0.3) is 0 Å². The van der Waals surface area contributed by atoms with Gasteiger partial charge in [0.1, 0.15) is 13.2 Å². The first kappa shape index (κ1) is 63.8. The van der Waals surface area contributed by atoms with Crippen molar-refractivity contribution in [3.05, 3.63) is 72.9 Å². The summed E-state index contributed by atoms with van der Waals surface area (Å²) in [6, 6.07) is 0. The van der Waals surface area contributed by atoms with Gasteiger partial charge in [0.15, 0.2) is 6.10 Å². The summed E-state index contributed by atoms with van der Waals surface area (Å²) < 4.78 is 16.8. The minimum atomic E-state index is -0.805. The van der Waals surface area contributed by atoms with Crippen LogP contribution in [0.3, 0.4) is 0 Å². The molecule has 0 fully saturated rings. The Labute approximate surface area is 414 Å². The van der Waals surface area contributed by atoms with Crippen LogP contribution in [0.4, 0.5) is 0 Å². The molecule has 1 atom stereocenters. The molecule has 0 saturated carbocycles. The molecule has 0 rings (SSSR count). The second kappa shape index (κ2) is 55.4. The van der Waals surface area contributed by atoms with Gasteiger partial charge in [-0.1, -0.05) is 222 Å². The lowest BCUT2D eigenvalue weighted by atomic mass is 10.1. The van der Waals surface area contributed by atoms with Crippen molar-refractivity contribution < 1.29 is 28.6 Å². The van der Waals surface area contributed by atoms with Crippen LogP contribution in [0, 0.1) is 0 Å². The van der Waals surface area contributed by atoms with Gasteiger partial charge < -0.3 is 14.2 Å². The monoisotopic (exact) mass is 935 g/mol. The number of ether oxygens (including phenoxy) is 3. The second-order valence-electron chi connectivity index (χ2n) is 18.8. The quantitative estimate of drug-likeness (QED) is 0.0262. The van der Waals surface area contributed by atoms with Gasteiger partial charge in [-0.15, -0.1) is 0 Å². The zero-order valence-corrected chi connectivity index (χ0v) is 44.2. The van der Waals surface area contributed by atoms with Gasteiger partial charge in [0.05, 0.1) is 0 Å². The molecular weight excluding hydrogens is 829 g/mol. The highest BCUT2D eigenvalue weighted by Crippen LogP contribution is 2.14. The molecule has 6 heteroatoms. The van der Waals surface area contributed by atoms with E-state index in [1.165, 1.54) is 148 Å². The maximum Gasteiger partial charge on any atom is 0.306 e. The molecular formula is C61H106O6. The first-order valence-electron chi connectivity index (χ1n) is 28.4. The van der Waals surface area contributed by atoms with E-state index in [1.807, 2.05) is 0 Å². The number of allylic oxidation sites excluding steroid dienone is 12. The van der Waals surface area contributed by atoms with Crippen LogP contribution in [-0.2, 0) is 28.6 Å². The third-order valence-electron chi connectivity index (χ3n) is 12.2. The number of rotatable bonds is 51. The molecule has 0 saturated heterocycles. The third kappa shape index (κ3) is 53.7. The first-order valence-corrected chi connectivity index (χ1v) is 28.4. The predicted octanol–water partition coefficient (Wildman–Crippen LogP) is 19.0. The molecule has 6 nitrogen and oxygen atoms in total. The lowest BCUT2D eigenvalue weighted by Crippen LogP contribution is -2.30. The second-order valence-corrected chi connectivity index (χ2v) is 18.8. The molecule has 0 spiro atoms. The molecule has 0 aliphatic heterocycles. The van der Waals surface area contributed by atoms with Gasteiger partial charge in [0.25, 0.3) is 0 Å². The summed E-state index contributed by atoms with van der Waals surface area (Å²) in [4.78, 5) is 38.1. The SMILES string of the molecule is CCCCC/C=C\C/C=C\CCCCCCCC(=O)O[C@H](COC(=O)CCC/C=C\C/C=C\C/C=C\CCCCCCCC)COC(=O)CCCCCCCCC/C=C\CCCCCCCC. The van der Waals surface area contributed by atoms with E-state index in [4.69, 9.17) is 14.2 Å². The van der Waals surface area contributed by atoms with Gasteiger partial charge in [0, 0.05) is 19.3 Å². The van der Waals surface area contributed by atoms with Gasteiger partial charge in [-0.3, -0.25) is 14.4 Å². The van der Waals surface area contributed by atoms with E-state index in [1.54, 1.807) is 0 Å².